The van der Waals surface area contributed by atoms with Gasteiger partial charge < -0.3 is 20.1 Å². The van der Waals surface area contributed by atoms with Crippen LogP contribution in [0.4, 0.5) is 11.4 Å². The van der Waals surface area contributed by atoms with Crippen LogP contribution in [-0.2, 0) is 4.74 Å². The van der Waals surface area contributed by atoms with Crippen molar-refractivity contribution in [3.8, 4) is 5.75 Å². The van der Waals surface area contributed by atoms with Crippen molar-refractivity contribution in [1.82, 2.24) is 0 Å². The maximum absolute atomic E-state index is 6.10. The van der Waals surface area contributed by atoms with E-state index in [1.807, 2.05) is 12.1 Å². The third kappa shape index (κ3) is 2.50. The normalized spacial score (nSPS) is 19.7. The Kier molecular flexibility index (Phi) is 3.79. The molecule has 2 N–H and O–H groups in total. The Labute approximate surface area is 110 Å². The average Bonchev–Trinajstić information content (AvgIpc) is 2.80. The van der Waals surface area contributed by atoms with Gasteiger partial charge in [0.1, 0.15) is 5.75 Å². The van der Waals surface area contributed by atoms with Gasteiger partial charge in [-0.2, -0.15) is 0 Å². The lowest BCUT2D eigenvalue weighted by Gasteiger charge is -2.22. The molecule has 5 heteroatoms. The van der Waals surface area contributed by atoms with Gasteiger partial charge in [0.05, 0.1) is 24.6 Å². The van der Waals surface area contributed by atoms with E-state index in [0.717, 1.165) is 29.7 Å². The molecule has 1 heterocycles. The predicted molar refractivity (Wildman–Crippen MR) is 72.7 cm³/mol. The Morgan fingerprint density at radius 2 is 2.18 bits per heavy atom. The van der Waals surface area contributed by atoms with Crippen LogP contribution < -0.4 is 15.4 Å². The van der Waals surface area contributed by atoms with Crippen LogP contribution in [0.15, 0.2) is 16.6 Å². The second-order valence-corrected chi connectivity index (χ2v) is 5.05. The van der Waals surface area contributed by atoms with Gasteiger partial charge in [-0.05, 0) is 18.6 Å². The van der Waals surface area contributed by atoms with Crippen molar-refractivity contribution in [2.75, 3.05) is 37.9 Å². The van der Waals surface area contributed by atoms with Crippen molar-refractivity contribution in [1.29, 1.82) is 0 Å². The van der Waals surface area contributed by atoms with Crippen LogP contribution in [0.3, 0.4) is 0 Å². The molecule has 0 aromatic heterocycles. The SMILES string of the molecule is COc1cc(Br)cc(N2CCC(OC)C2)c1N. The molecule has 2 rings (SSSR count). The second kappa shape index (κ2) is 5.14. The van der Waals surface area contributed by atoms with Gasteiger partial charge in [0.25, 0.3) is 0 Å². The molecule has 4 nitrogen and oxygen atoms in total. The van der Waals surface area contributed by atoms with Gasteiger partial charge in [0.2, 0.25) is 0 Å². The molecule has 0 aliphatic carbocycles. The maximum atomic E-state index is 6.10. The Bertz CT molecular complexity index is 412. The fraction of sp³-hybridized carbons (Fsp3) is 0.500. The number of benzene rings is 1. The van der Waals surface area contributed by atoms with Crippen LogP contribution in [0, 0.1) is 0 Å². The molecule has 1 unspecified atom stereocenters. The third-order valence-corrected chi connectivity index (χ3v) is 3.58. The summed E-state index contributed by atoms with van der Waals surface area (Å²) in [6.07, 6.45) is 1.32. The minimum atomic E-state index is 0.291. The lowest BCUT2D eigenvalue weighted by Crippen LogP contribution is -2.23. The molecular weight excluding hydrogens is 284 g/mol. The van der Waals surface area contributed by atoms with Gasteiger partial charge in [-0.1, -0.05) is 15.9 Å². The van der Waals surface area contributed by atoms with Crippen molar-refractivity contribution in [3.05, 3.63) is 16.6 Å². The Morgan fingerprint density at radius 1 is 1.41 bits per heavy atom. The summed E-state index contributed by atoms with van der Waals surface area (Å²) in [6.45, 7) is 1.84. The first-order valence-corrected chi connectivity index (χ1v) is 6.35. The van der Waals surface area contributed by atoms with E-state index in [0.29, 0.717) is 17.5 Å². The summed E-state index contributed by atoms with van der Waals surface area (Å²) < 4.78 is 11.6. The molecule has 0 radical (unpaired) electrons. The second-order valence-electron chi connectivity index (χ2n) is 4.13. The number of halogens is 1. The molecule has 0 bridgehead atoms. The fourth-order valence-electron chi connectivity index (χ4n) is 2.15. The molecule has 1 saturated heterocycles. The Morgan fingerprint density at radius 3 is 2.76 bits per heavy atom. The van der Waals surface area contributed by atoms with Gasteiger partial charge in [-0.15, -0.1) is 0 Å². The molecular formula is C12H17BrN2O2. The zero-order chi connectivity index (χ0) is 12.4. The van der Waals surface area contributed by atoms with Crippen LogP contribution >= 0.6 is 15.9 Å². The third-order valence-electron chi connectivity index (χ3n) is 3.12. The van der Waals surface area contributed by atoms with E-state index in [-0.39, 0.29) is 0 Å². The summed E-state index contributed by atoms with van der Waals surface area (Å²) in [6, 6.07) is 3.90. The van der Waals surface area contributed by atoms with E-state index < -0.39 is 0 Å². The molecule has 17 heavy (non-hydrogen) atoms. The number of methoxy groups -OCH3 is 2. The highest BCUT2D eigenvalue weighted by Gasteiger charge is 2.24. The van der Waals surface area contributed by atoms with E-state index in [9.17, 15) is 0 Å². The van der Waals surface area contributed by atoms with Crippen molar-refractivity contribution in [3.63, 3.8) is 0 Å². The molecule has 0 spiro atoms. The predicted octanol–water partition coefficient (Wildman–Crippen LogP) is 2.26. The standard InChI is InChI=1S/C12H17BrN2O2/c1-16-9-3-4-15(7-9)10-5-8(13)6-11(17-2)12(10)14/h5-6,9H,3-4,7,14H2,1-2H3. The number of nitrogen functional groups attached to an aromatic ring is 1. The topological polar surface area (TPSA) is 47.7 Å². The van der Waals surface area contributed by atoms with E-state index in [4.69, 9.17) is 15.2 Å². The number of anilines is 2. The quantitative estimate of drug-likeness (QED) is 0.870. The highest BCUT2D eigenvalue weighted by Crippen LogP contribution is 2.37. The number of nitrogens with two attached hydrogens (primary N) is 1. The first-order valence-electron chi connectivity index (χ1n) is 5.56. The first kappa shape index (κ1) is 12.5. The van der Waals surface area contributed by atoms with Crippen molar-refractivity contribution in [2.45, 2.75) is 12.5 Å². The van der Waals surface area contributed by atoms with Crippen molar-refractivity contribution >= 4 is 27.3 Å². The Hall–Kier alpha value is -0.940. The smallest absolute Gasteiger partial charge is 0.145 e. The fourth-order valence-corrected chi connectivity index (χ4v) is 2.57. The summed E-state index contributed by atoms with van der Waals surface area (Å²) in [5.41, 5.74) is 7.80. The van der Waals surface area contributed by atoms with Crippen LogP contribution in [-0.4, -0.2) is 33.4 Å². The highest BCUT2D eigenvalue weighted by atomic mass is 79.9. The van der Waals surface area contributed by atoms with E-state index >= 15 is 0 Å². The van der Waals surface area contributed by atoms with Crippen LogP contribution in [0.25, 0.3) is 0 Å². The summed E-state index contributed by atoms with van der Waals surface area (Å²) in [5.74, 6) is 0.704. The van der Waals surface area contributed by atoms with Crippen LogP contribution in [0.5, 0.6) is 5.75 Å². The molecule has 0 saturated carbocycles. The van der Waals surface area contributed by atoms with Crippen LogP contribution in [0.1, 0.15) is 6.42 Å². The zero-order valence-corrected chi connectivity index (χ0v) is 11.7. The summed E-state index contributed by atoms with van der Waals surface area (Å²) >= 11 is 3.47. The van der Waals surface area contributed by atoms with E-state index in [1.54, 1.807) is 14.2 Å². The summed E-state index contributed by atoms with van der Waals surface area (Å²) in [5, 5.41) is 0. The van der Waals surface area contributed by atoms with Crippen molar-refractivity contribution < 1.29 is 9.47 Å². The average molecular weight is 301 g/mol. The van der Waals surface area contributed by atoms with Gasteiger partial charge in [0, 0.05) is 24.7 Å². The Balaban J connectivity index is 2.29. The first-order chi connectivity index (χ1) is 8.15. The number of rotatable bonds is 3. The van der Waals surface area contributed by atoms with E-state index in [2.05, 4.69) is 20.8 Å². The molecule has 1 aromatic rings. The van der Waals surface area contributed by atoms with E-state index in [1.165, 1.54) is 0 Å². The minimum absolute atomic E-state index is 0.291. The highest BCUT2D eigenvalue weighted by molar-refractivity contribution is 9.10. The molecule has 94 valence electrons. The number of hydrogen-bond acceptors (Lipinski definition) is 4. The summed E-state index contributed by atoms with van der Waals surface area (Å²) in [4.78, 5) is 2.23. The molecule has 1 fully saturated rings. The van der Waals surface area contributed by atoms with Gasteiger partial charge in [-0.3, -0.25) is 0 Å². The van der Waals surface area contributed by atoms with Gasteiger partial charge in [0.15, 0.2) is 0 Å². The molecule has 1 atom stereocenters. The lowest BCUT2D eigenvalue weighted by molar-refractivity contribution is 0.121. The number of nitrogens with zero attached hydrogens (tertiary/aromatic N) is 1. The monoisotopic (exact) mass is 300 g/mol. The summed E-state index contributed by atoms with van der Waals surface area (Å²) in [7, 11) is 3.38. The van der Waals surface area contributed by atoms with Crippen molar-refractivity contribution in [2.24, 2.45) is 0 Å². The zero-order valence-electron chi connectivity index (χ0n) is 10.1. The largest absolute Gasteiger partial charge is 0.494 e. The van der Waals surface area contributed by atoms with Crippen LogP contribution in [0.2, 0.25) is 0 Å². The van der Waals surface area contributed by atoms with Gasteiger partial charge in [-0.25, -0.2) is 0 Å². The maximum Gasteiger partial charge on any atom is 0.145 e. The molecule has 1 aliphatic rings. The lowest BCUT2D eigenvalue weighted by atomic mass is 10.2. The minimum Gasteiger partial charge on any atom is -0.494 e. The molecule has 1 aliphatic heterocycles. The number of hydrogen-bond donors (Lipinski definition) is 1. The number of ether oxygens (including phenoxy) is 2. The molecule has 1 aromatic carbocycles. The van der Waals surface area contributed by atoms with Gasteiger partial charge >= 0.3 is 0 Å². The molecule has 0 amide bonds.